The van der Waals surface area contributed by atoms with Crippen molar-refractivity contribution in [3.63, 3.8) is 0 Å². The molecule has 0 aliphatic heterocycles. The van der Waals surface area contributed by atoms with Gasteiger partial charge >= 0.3 is 0 Å². The Balaban J connectivity index is 1.73. The number of hydrogen-bond donors (Lipinski definition) is 0. The third-order valence-corrected chi connectivity index (χ3v) is 6.27. The lowest BCUT2D eigenvalue weighted by molar-refractivity contribution is -0.131. The van der Waals surface area contributed by atoms with Crippen molar-refractivity contribution < 1.29 is 4.79 Å². The molecule has 0 saturated heterocycles. The number of thioether (sulfide) groups is 1. The van der Waals surface area contributed by atoms with E-state index in [-0.39, 0.29) is 11.2 Å². The van der Waals surface area contributed by atoms with E-state index in [0.717, 1.165) is 23.7 Å². The van der Waals surface area contributed by atoms with Gasteiger partial charge in [0.05, 0.1) is 10.9 Å². The minimum absolute atomic E-state index is 0.178. The standard InChI is InChI=1S/C20H28N4OS/c1-14-10-11-18(15(2)12-14)24-13-21-22-20(24)26-16(3)19(25)23(4)17-8-6-5-7-9-17/h10-13,16-17H,5-9H2,1-4H3. The van der Waals surface area contributed by atoms with Crippen LogP contribution in [0.25, 0.3) is 5.69 Å². The van der Waals surface area contributed by atoms with Gasteiger partial charge in [-0.1, -0.05) is 48.7 Å². The van der Waals surface area contributed by atoms with E-state index in [1.807, 2.05) is 23.4 Å². The van der Waals surface area contributed by atoms with Gasteiger partial charge < -0.3 is 4.90 Å². The average Bonchev–Trinajstić information content (AvgIpc) is 3.09. The van der Waals surface area contributed by atoms with Gasteiger partial charge in [-0.25, -0.2) is 0 Å². The van der Waals surface area contributed by atoms with Gasteiger partial charge in [0.1, 0.15) is 6.33 Å². The zero-order chi connectivity index (χ0) is 18.7. The molecule has 1 aliphatic rings. The molecule has 1 aromatic heterocycles. The molecular weight excluding hydrogens is 344 g/mol. The van der Waals surface area contributed by atoms with Crippen molar-refractivity contribution in [2.75, 3.05) is 7.05 Å². The first-order valence-corrected chi connectivity index (χ1v) is 10.3. The Morgan fingerprint density at radius 1 is 1.27 bits per heavy atom. The van der Waals surface area contributed by atoms with Crippen LogP contribution in [0.5, 0.6) is 0 Å². The van der Waals surface area contributed by atoms with Gasteiger partial charge in [-0.05, 0) is 45.2 Å². The van der Waals surface area contributed by atoms with E-state index in [1.54, 1.807) is 6.33 Å². The van der Waals surface area contributed by atoms with E-state index < -0.39 is 0 Å². The van der Waals surface area contributed by atoms with Gasteiger partial charge in [-0.3, -0.25) is 9.36 Å². The van der Waals surface area contributed by atoms with E-state index in [2.05, 4.69) is 42.2 Å². The van der Waals surface area contributed by atoms with Gasteiger partial charge in [0, 0.05) is 13.1 Å². The molecule has 1 aromatic carbocycles. The van der Waals surface area contributed by atoms with Crippen molar-refractivity contribution in [1.29, 1.82) is 0 Å². The molecule has 6 heteroatoms. The predicted octanol–water partition coefficient (Wildman–Crippen LogP) is 4.16. The molecule has 5 nitrogen and oxygen atoms in total. The van der Waals surface area contributed by atoms with Gasteiger partial charge in [0.25, 0.3) is 0 Å². The van der Waals surface area contributed by atoms with Gasteiger partial charge in [-0.2, -0.15) is 0 Å². The fourth-order valence-corrected chi connectivity index (χ4v) is 4.63. The number of amides is 1. The van der Waals surface area contributed by atoms with Crippen LogP contribution < -0.4 is 0 Å². The third-order valence-electron chi connectivity index (χ3n) is 5.23. The highest BCUT2D eigenvalue weighted by Crippen LogP contribution is 2.28. The van der Waals surface area contributed by atoms with Crippen LogP contribution in [-0.2, 0) is 4.79 Å². The quantitative estimate of drug-likeness (QED) is 0.740. The lowest BCUT2D eigenvalue weighted by atomic mass is 9.94. The Morgan fingerprint density at radius 3 is 2.69 bits per heavy atom. The molecule has 1 heterocycles. The lowest BCUT2D eigenvalue weighted by Gasteiger charge is -2.32. The number of benzene rings is 1. The van der Waals surface area contributed by atoms with Crippen LogP contribution in [-0.4, -0.2) is 43.9 Å². The van der Waals surface area contributed by atoms with Gasteiger partial charge in [-0.15, -0.1) is 10.2 Å². The van der Waals surface area contributed by atoms with Crippen molar-refractivity contribution >= 4 is 17.7 Å². The summed E-state index contributed by atoms with van der Waals surface area (Å²) >= 11 is 1.48. The maximum atomic E-state index is 12.9. The SMILES string of the molecule is Cc1ccc(-n2cnnc2SC(C)C(=O)N(C)C2CCCCC2)c(C)c1. The molecule has 1 unspecified atom stereocenters. The van der Waals surface area contributed by atoms with Crippen LogP contribution in [0.2, 0.25) is 0 Å². The zero-order valence-corrected chi connectivity index (χ0v) is 16.9. The van der Waals surface area contributed by atoms with Crippen molar-refractivity contribution in [2.45, 2.75) is 69.3 Å². The fourth-order valence-electron chi connectivity index (χ4n) is 3.69. The average molecular weight is 373 g/mol. The summed E-state index contributed by atoms with van der Waals surface area (Å²) in [5.41, 5.74) is 3.46. The first-order chi connectivity index (χ1) is 12.5. The number of hydrogen-bond acceptors (Lipinski definition) is 4. The van der Waals surface area contributed by atoms with Crippen LogP contribution in [0, 0.1) is 13.8 Å². The number of nitrogens with zero attached hydrogens (tertiary/aromatic N) is 4. The lowest BCUT2D eigenvalue weighted by Crippen LogP contribution is -2.42. The van der Waals surface area contributed by atoms with Crippen LogP contribution >= 0.6 is 11.8 Å². The predicted molar refractivity (Wildman–Crippen MR) is 106 cm³/mol. The fraction of sp³-hybridized carbons (Fsp3) is 0.550. The summed E-state index contributed by atoms with van der Waals surface area (Å²) < 4.78 is 1.98. The normalized spacial score (nSPS) is 16.5. The third kappa shape index (κ3) is 4.11. The highest BCUT2D eigenvalue weighted by atomic mass is 32.2. The minimum atomic E-state index is -0.185. The highest BCUT2D eigenvalue weighted by molar-refractivity contribution is 8.00. The molecule has 0 radical (unpaired) electrons. The molecular formula is C20H28N4OS. The molecule has 1 amide bonds. The Kier molecular flexibility index (Phi) is 6.01. The summed E-state index contributed by atoms with van der Waals surface area (Å²) in [6.45, 7) is 6.13. The molecule has 1 saturated carbocycles. The van der Waals surface area contributed by atoms with E-state index >= 15 is 0 Å². The molecule has 0 bridgehead atoms. The summed E-state index contributed by atoms with van der Waals surface area (Å²) in [5, 5.41) is 8.91. The first kappa shape index (κ1) is 19.0. The van der Waals surface area contributed by atoms with Crippen LogP contribution in [0.3, 0.4) is 0 Å². The van der Waals surface area contributed by atoms with Crippen molar-refractivity contribution in [3.05, 3.63) is 35.7 Å². The Bertz CT molecular complexity index is 767. The summed E-state index contributed by atoms with van der Waals surface area (Å²) in [7, 11) is 1.95. The van der Waals surface area contributed by atoms with Crippen LogP contribution in [0.1, 0.15) is 50.2 Å². The van der Waals surface area contributed by atoms with E-state index in [4.69, 9.17) is 0 Å². The molecule has 0 spiro atoms. The molecule has 1 atom stereocenters. The number of rotatable bonds is 5. The molecule has 1 fully saturated rings. The summed E-state index contributed by atoms with van der Waals surface area (Å²) in [6.07, 6.45) is 7.72. The van der Waals surface area contributed by atoms with Crippen molar-refractivity contribution in [3.8, 4) is 5.69 Å². The maximum absolute atomic E-state index is 12.9. The van der Waals surface area contributed by atoms with Gasteiger partial charge in [0.2, 0.25) is 5.91 Å². The first-order valence-electron chi connectivity index (χ1n) is 9.38. The topological polar surface area (TPSA) is 51.0 Å². The highest BCUT2D eigenvalue weighted by Gasteiger charge is 2.27. The molecule has 0 N–H and O–H groups in total. The second kappa shape index (κ2) is 8.25. The van der Waals surface area contributed by atoms with E-state index in [1.165, 1.54) is 42.2 Å². The smallest absolute Gasteiger partial charge is 0.235 e. The van der Waals surface area contributed by atoms with E-state index in [9.17, 15) is 4.79 Å². The Hall–Kier alpha value is -1.82. The summed E-state index contributed by atoms with van der Waals surface area (Å²) in [4.78, 5) is 14.8. The number of carbonyl (C=O) groups is 1. The molecule has 3 rings (SSSR count). The summed E-state index contributed by atoms with van der Waals surface area (Å²) in [6, 6.07) is 6.70. The van der Waals surface area contributed by atoms with Gasteiger partial charge in [0.15, 0.2) is 5.16 Å². The monoisotopic (exact) mass is 372 g/mol. The number of aromatic nitrogens is 3. The molecule has 140 valence electrons. The second-order valence-corrected chi connectivity index (χ2v) is 8.58. The molecule has 1 aliphatic carbocycles. The second-order valence-electron chi connectivity index (χ2n) is 7.27. The Morgan fingerprint density at radius 2 is 2.00 bits per heavy atom. The van der Waals surface area contributed by atoms with Crippen molar-refractivity contribution in [2.24, 2.45) is 0 Å². The van der Waals surface area contributed by atoms with Crippen LogP contribution in [0.4, 0.5) is 0 Å². The minimum Gasteiger partial charge on any atom is -0.342 e. The maximum Gasteiger partial charge on any atom is 0.235 e. The van der Waals surface area contributed by atoms with E-state index in [0.29, 0.717) is 6.04 Å². The molecule has 2 aromatic rings. The largest absolute Gasteiger partial charge is 0.342 e. The number of carbonyl (C=O) groups excluding carboxylic acids is 1. The van der Waals surface area contributed by atoms with Crippen LogP contribution in [0.15, 0.2) is 29.7 Å². The zero-order valence-electron chi connectivity index (χ0n) is 16.1. The summed E-state index contributed by atoms with van der Waals surface area (Å²) in [5.74, 6) is 0.178. The van der Waals surface area contributed by atoms with Crippen molar-refractivity contribution in [1.82, 2.24) is 19.7 Å². The Labute approximate surface area is 160 Å². The molecule has 26 heavy (non-hydrogen) atoms. The number of aryl methyl sites for hydroxylation is 2.